The summed E-state index contributed by atoms with van der Waals surface area (Å²) in [5.74, 6) is 0. The Labute approximate surface area is 63.1 Å². The van der Waals surface area contributed by atoms with E-state index in [1.54, 1.807) is 0 Å². The van der Waals surface area contributed by atoms with Crippen molar-refractivity contribution in [2.45, 2.75) is 19.8 Å². The molecule has 0 bridgehead atoms. The van der Waals surface area contributed by atoms with Crippen LogP contribution in [0.15, 0.2) is 0 Å². The van der Waals surface area contributed by atoms with Crippen molar-refractivity contribution >= 4 is 12.4 Å². The van der Waals surface area contributed by atoms with E-state index in [1.165, 1.54) is 0 Å². The number of halogens is 1. The van der Waals surface area contributed by atoms with E-state index in [-0.39, 0.29) is 12.4 Å². The molecule has 0 aliphatic rings. The van der Waals surface area contributed by atoms with Crippen molar-refractivity contribution in [1.29, 1.82) is 0 Å². The molecule has 9 heavy (non-hydrogen) atoms. The van der Waals surface area contributed by atoms with Gasteiger partial charge < -0.3 is 10.4 Å². The van der Waals surface area contributed by atoms with Crippen LogP contribution in [0.5, 0.6) is 0 Å². The molecule has 0 amide bonds. The largest absolute Gasteiger partial charge is 0.396 e. The molecule has 0 atom stereocenters. The Morgan fingerprint density at radius 2 is 2.00 bits per heavy atom. The van der Waals surface area contributed by atoms with Crippen molar-refractivity contribution in [3.63, 3.8) is 0 Å². The lowest BCUT2D eigenvalue weighted by Crippen LogP contribution is -2.13. The molecule has 0 unspecified atom stereocenters. The second-order valence-corrected chi connectivity index (χ2v) is 1.78. The molecule has 0 rings (SSSR count). The first-order valence-electron chi connectivity index (χ1n) is 3.23. The zero-order chi connectivity index (χ0) is 6.24. The number of rotatable bonds is 5. The summed E-state index contributed by atoms with van der Waals surface area (Å²) in [5, 5.41) is 11.5. The van der Waals surface area contributed by atoms with E-state index in [1.807, 2.05) is 0 Å². The number of hydrogen-bond acceptors (Lipinski definition) is 2. The SMILES string of the molecule is CCNCCCCO.Cl. The Bertz CT molecular complexity index is 38.0. The van der Waals surface area contributed by atoms with Gasteiger partial charge in [0.05, 0.1) is 0 Å². The quantitative estimate of drug-likeness (QED) is 0.573. The fourth-order valence-electron chi connectivity index (χ4n) is 0.539. The van der Waals surface area contributed by atoms with Crippen LogP contribution in [0.1, 0.15) is 19.8 Å². The van der Waals surface area contributed by atoms with Gasteiger partial charge in [-0.15, -0.1) is 12.4 Å². The highest BCUT2D eigenvalue weighted by atomic mass is 35.5. The maximum atomic E-state index is 8.34. The summed E-state index contributed by atoms with van der Waals surface area (Å²) in [6.07, 6.45) is 2.01. The zero-order valence-corrected chi connectivity index (χ0v) is 6.71. The molecule has 0 aliphatic heterocycles. The van der Waals surface area contributed by atoms with Crippen LogP contribution in [-0.2, 0) is 0 Å². The van der Waals surface area contributed by atoms with Crippen molar-refractivity contribution in [2.24, 2.45) is 0 Å². The molecular formula is C6H16ClNO. The third kappa shape index (κ3) is 11.7. The predicted octanol–water partition coefficient (Wildman–Crippen LogP) is 0.790. The van der Waals surface area contributed by atoms with Crippen molar-refractivity contribution < 1.29 is 5.11 Å². The summed E-state index contributed by atoms with van der Waals surface area (Å²) in [4.78, 5) is 0. The van der Waals surface area contributed by atoms with Gasteiger partial charge in [-0.3, -0.25) is 0 Å². The lowest BCUT2D eigenvalue weighted by molar-refractivity contribution is 0.284. The molecule has 0 fully saturated rings. The second kappa shape index (κ2) is 11.1. The van der Waals surface area contributed by atoms with E-state index in [0.29, 0.717) is 6.61 Å². The Hall–Kier alpha value is 0.210. The molecule has 2 nitrogen and oxygen atoms in total. The summed E-state index contributed by atoms with van der Waals surface area (Å²) < 4.78 is 0. The summed E-state index contributed by atoms with van der Waals surface area (Å²) >= 11 is 0. The van der Waals surface area contributed by atoms with Crippen LogP contribution in [0.3, 0.4) is 0 Å². The third-order valence-corrected chi connectivity index (χ3v) is 1.01. The molecule has 0 aliphatic carbocycles. The van der Waals surface area contributed by atoms with Gasteiger partial charge in [0.25, 0.3) is 0 Å². The van der Waals surface area contributed by atoms with Crippen LogP contribution < -0.4 is 5.32 Å². The Morgan fingerprint density at radius 3 is 2.44 bits per heavy atom. The van der Waals surface area contributed by atoms with Gasteiger partial charge in [-0.2, -0.15) is 0 Å². The average molecular weight is 154 g/mol. The molecule has 0 aromatic rings. The van der Waals surface area contributed by atoms with E-state index in [4.69, 9.17) is 5.11 Å². The molecule has 0 saturated carbocycles. The number of aliphatic hydroxyl groups is 1. The fourth-order valence-corrected chi connectivity index (χ4v) is 0.539. The van der Waals surface area contributed by atoms with E-state index >= 15 is 0 Å². The Balaban J connectivity index is 0. The van der Waals surface area contributed by atoms with Gasteiger partial charge in [-0.1, -0.05) is 6.92 Å². The van der Waals surface area contributed by atoms with Gasteiger partial charge >= 0.3 is 0 Å². The van der Waals surface area contributed by atoms with Crippen molar-refractivity contribution in [2.75, 3.05) is 19.7 Å². The number of nitrogens with one attached hydrogen (secondary N) is 1. The minimum Gasteiger partial charge on any atom is -0.396 e. The molecule has 0 aromatic heterocycles. The topological polar surface area (TPSA) is 32.3 Å². The summed E-state index contributed by atoms with van der Waals surface area (Å²) in [6, 6.07) is 0. The van der Waals surface area contributed by atoms with E-state index in [9.17, 15) is 0 Å². The summed E-state index contributed by atoms with van der Waals surface area (Å²) in [7, 11) is 0. The average Bonchev–Trinajstić information content (AvgIpc) is 1.81. The second-order valence-electron chi connectivity index (χ2n) is 1.78. The highest BCUT2D eigenvalue weighted by Crippen LogP contribution is 1.81. The highest BCUT2D eigenvalue weighted by molar-refractivity contribution is 5.85. The lowest BCUT2D eigenvalue weighted by atomic mass is 10.3. The van der Waals surface area contributed by atoms with Crippen LogP contribution in [0.2, 0.25) is 0 Å². The van der Waals surface area contributed by atoms with Gasteiger partial charge in [0.1, 0.15) is 0 Å². The number of unbranched alkanes of at least 4 members (excludes halogenated alkanes) is 1. The summed E-state index contributed by atoms with van der Waals surface area (Å²) in [5.41, 5.74) is 0. The van der Waals surface area contributed by atoms with Crippen LogP contribution >= 0.6 is 12.4 Å². The Kier molecular flexibility index (Phi) is 14.7. The third-order valence-electron chi connectivity index (χ3n) is 1.01. The molecule has 2 N–H and O–H groups in total. The Morgan fingerprint density at radius 1 is 1.33 bits per heavy atom. The predicted molar refractivity (Wildman–Crippen MR) is 42.1 cm³/mol. The first-order valence-corrected chi connectivity index (χ1v) is 3.23. The van der Waals surface area contributed by atoms with Gasteiger partial charge in [0.2, 0.25) is 0 Å². The van der Waals surface area contributed by atoms with E-state index in [0.717, 1.165) is 25.9 Å². The van der Waals surface area contributed by atoms with E-state index in [2.05, 4.69) is 12.2 Å². The molecule has 0 saturated heterocycles. The molecule has 0 radical (unpaired) electrons. The maximum Gasteiger partial charge on any atom is 0.0431 e. The van der Waals surface area contributed by atoms with Gasteiger partial charge in [-0.25, -0.2) is 0 Å². The van der Waals surface area contributed by atoms with Gasteiger partial charge in [-0.05, 0) is 25.9 Å². The first-order chi connectivity index (χ1) is 3.91. The minimum atomic E-state index is 0. The van der Waals surface area contributed by atoms with Crippen molar-refractivity contribution in [3.8, 4) is 0 Å². The smallest absolute Gasteiger partial charge is 0.0431 e. The standard InChI is InChI=1S/C6H15NO.ClH/c1-2-7-5-3-4-6-8;/h7-8H,2-6H2,1H3;1H. The molecule has 58 valence electrons. The van der Waals surface area contributed by atoms with Crippen LogP contribution in [0.4, 0.5) is 0 Å². The highest BCUT2D eigenvalue weighted by Gasteiger charge is 1.82. The zero-order valence-electron chi connectivity index (χ0n) is 5.89. The molecule has 0 aromatic carbocycles. The van der Waals surface area contributed by atoms with Crippen LogP contribution in [0.25, 0.3) is 0 Å². The molecule has 0 spiro atoms. The lowest BCUT2D eigenvalue weighted by Gasteiger charge is -1.96. The number of hydrogen-bond donors (Lipinski definition) is 2. The minimum absolute atomic E-state index is 0. The maximum absolute atomic E-state index is 8.34. The fraction of sp³-hybridized carbons (Fsp3) is 1.00. The van der Waals surface area contributed by atoms with Crippen LogP contribution in [0, 0.1) is 0 Å². The van der Waals surface area contributed by atoms with Crippen LogP contribution in [-0.4, -0.2) is 24.8 Å². The molecular weight excluding hydrogens is 138 g/mol. The van der Waals surface area contributed by atoms with Gasteiger partial charge in [0, 0.05) is 6.61 Å². The summed E-state index contributed by atoms with van der Waals surface area (Å²) in [6.45, 7) is 4.48. The van der Waals surface area contributed by atoms with Crippen molar-refractivity contribution in [3.05, 3.63) is 0 Å². The van der Waals surface area contributed by atoms with Gasteiger partial charge in [0.15, 0.2) is 0 Å². The molecule has 0 heterocycles. The number of aliphatic hydroxyl groups excluding tert-OH is 1. The first kappa shape index (κ1) is 11.9. The van der Waals surface area contributed by atoms with Crippen molar-refractivity contribution in [1.82, 2.24) is 5.32 Å². The van der Waals surface area contributed by atoms with E-state index < -0.39 is 0 Å². The monoisotopic (exact) mass is 153 g/mol. The normalized spacial score (nSPS) is 8.67. The molecule has 3 heteroatoms.